The lowest BCUT2D eigenvalue weighted by Crippen LogP contribution is -2.01. The number of aromatic nitrogens is 3. The predicted octanol–water partition coefficient (Wildman–Crippen LogP) is 6.05. The van der Waals surface area contributed by atoms with Gasteiger partial charge < -0.3 is 5.73 Å². The van der Waals surface area contributed by atoms with Crippen LogP contribution in [0.1, 0.15) is 0 Å². The van der Waals surface area contributed by atoms with Crippen LogP contribution < -0.4 is 5.73 Å². The van der Waals surface area contributed by atoms with Crippen molar-refractivity contribution in [3.63, 3.8) is 0 Å². The number of nitrogens with two attached hydrogens (primary N) is 1. The molecule has 30 heavy (non-hydrogen) atoms. The minimum Gasteiger partial charge on any atom is -0.383 e. The van der Waals surface area contributed by atoms with Gasteiger partial charge in [-0.25, -0.2) is 9.37 Å². The first-order chi connectivity index (χ1) is 14.7. The number of nitrogens with zero attached hydrogens (tertiary/aromatic N) is 3. The molecule has 0 bridgehead atoms. The number of hydrogen-bond acceptors (Lipinski definition) is 4. The summed E-state index contributed by atoms with van der Waals surface area (Å²) in [7, 11) is 0. The van der Waals surface area contributed by atoms with E-state index >= 15 is 0 Å². The summed E-state index contributed by atoms with van der Waals surface area (Å²) < 4.78 is 14.8. The zero-order valence-electron chi connectivity index (χ0n) is 15.9. The predicted molar refractivity (Wildman–Crippen MR) is 120 cm³/mol. The van der Waals surface area contributed by atoms with Crippen molar-refractivity contribution in [1.82, 2.24) is 14.8 Å². The summed E-state index contributed by atoms with van der Waals surface area (Å²) in [5, 5.41) is 7.07. The molecule has 0 spiro atoms. The molecule has 0 unspecified atom stereocenters. The topological polar surface area (TPSA) is 56.7 Å². The van der Waals surface area contributed by atoms with Gasteiger partial charge >= 0.3 is 0 Å². The Hall–Kier alpha value is -3.77. The number of halogens is 1. The Balaban J connectivity index is 1.43. The van der Waals surface area contributed by atoms with Gasteiger partial charge in [-0.1, -0.05) is 66.7 Å². The lowest BCUT2D eigenvalue weighted by Gasteiger charge is -2.03. The summed E-state index contributed by atoms with van der Waals surface area (Å²) in [6.45, 7) is 0. The van der Waals surface area contributed by atoms with Crippen molar-refractivity contribution >= 4 is 17.2 Å². The molecule has 5 rings (SSSR count). The third-order valence-corrected chi connectivity index (χ3v) is 5.74. The van der Waals surface area contributed by atoms with E-state index in [-0.39, 0.29) is 5.82 Å². The van der Waals surface area contributed by atoms with E-state index in [1.807, 2.05) is 23.6 Å². The van der Waals surface area contributed by atoms with E-state index in [4.69, 9.17) is 10.7 Å². The molecule has 2 aromatic heterocycles. The normalized spacial score (nSPS) is 11.0. The van der Waals surface area contributed by atoms with Crippen molar-refractivity contribution < 1.29 is 4.39 Å². The standard InChI is InChI=1S/C24H17FN4S/c25-20-12-10-18(11-13-20)21-14-27-29(23(21)26)24-28-22(15-30-24)19-8-6-17(7-9-19)16-4-2-1-3-5-16/h1-15H,26H2. The van der Waals surface area contributed by atoms with Crippen molar-refractivity contribution in [3.05, 3.63) is 96.3 Å². The van der Waals surface area contributed by atoms with Gasteiger partial charge in [-0.3, -0.25) is 0 Å². The van der Waals surface area contributed by atoms with E-state index < -0.39 is 0 Å². The average molecular weight is 412 g/mol. The summed E-state index contributed by atoms with van der Waals surface area (Å²) in [6, 6.07) is 24.8. The van der Waals surface area contributed by atoms with E-state index in [0.29, 0.717) is 10.9 Å². The maximum absolute atomic E-state index is 13.2. The van der Waals surface area contributed by atoms with Gasteiger partial charge in [-0.2, -0.15) is 9.78 Å². The van der Waals surface area contributed by atoms with Gasteiger partial charge in [0.25, 0.3) is 0 Å². The van der Waals surface area contributed by atoms with Crippen LogP contribution in [0, 0.1) is 5.82 Å². The van der Waals surface area contributed by atoms with Crippen molar-refractivity contribution in [3.8, 4) is 38.6 Å². The highest BCUT2D eigenvalue weighted by atomic mass is 32.1. The molecule has 4 nitrogen and oxygen atoms in total. The van der Waals surface area contributed by atoms with Crippen LogP contribution in [0.25, 0.3) is 38.6 Å². The van der Waals surface area contributed by atoms with Crippen molar-refractivity contribution in [2.45, 2.75) is 0 Å². The fourth-order valence-electron chi connectivity index (χ4n) is 3.32. The van der Waals surface area contributed by atoms with Crippen LogP contribution in [-0.2, 0) is 0 Å². The summed E-state index contributed by atoms with van der Waals surface area (Å²) in [6.07, 6.45) is 1.68. The van der Waals surface area contributed by atoms with Crippen molar-refractivity contribution in [1.29, 1.82) is 0 Å². The first-order valence-corrected chi connectivity index (χ1v) is 10.3. The van der Waals surface area contributed by atoms with Crippen molar-refractivity contribution in [2.24, 2.45) is 0 Å². The zero-order chi connectivity index (χ0) is 20.5. The molecule has 0 aliphatic heterocycles. The molecule has 0 radical (unpaired) electrons. The Labute approximate surface area is 177 Å². The molecule has 5 aromatic rings. The first kappa shape index (κ1) is 18.3. The Morgan fingerprint density at radius 1 is 0.767 bits per heavy atom. The van der Waals surface area contributed by atoms with Gasteiger partial charge in [-0.05, 0) is 28.8 Å². The SMILES string of the molecule is Nc1c(-c2ccc(F)cc2)cnn1-c1nc(-c2ccc(-c3ccccc3)cc2)cs1. The Bertz CT molecular complexity index is 1290. The van der Waals surface area contributed by atoms with Crippen LogP contribution in [0.3, 0.4) is 0 Å². The lowest BCUT2D eigenvalue weighted by molar-refractivity contribution is 0.628. The van der Waals surface area contributed by atoms with E-state index in [1.54, 1.807) is 23.0 Å². The minimum atomic E-state index is -0.285. The summed E-state index contributed by atoms with van der Waals surface area (Å²) in [5.41, 5.74) is 12.1. The van der Waals surface area contributed by atoms with Crippen LogP contribution >= 0.6 is 11.3 Å². The third kappa shape index (κ3) is 3.38. The van der Waals surface area contributed by atoms with Gasteiger partial charge in [0.2, 0.25) is 5.13 Å². The quantitative estimate of drug-likeness (QED) is 0.391. The largest absolute Gasteiger partial charge is 0.383 e. The van der Waals surface area contributed by atoms with E-state index in [9.17, 15) is 4.39 Å². The summed E-state index contributed by atoms with van der Waals surface area (Å²) >= 11 is 1.47. The molecule has 0 amide bonds. The van der Waals surface area contributed by atoms with Crippen LogP contribution in [-0.4, -0.2) is 14.8 Å². The monoisotopic (exact) mass is 412 g/mol. The molecule has 0 fully saturated rings. The maximum atomic E-state index is 13.2. The number of benzene rings is 3. The van der Waals surface area contributed by atoms with Gasteiger partial charge in [0.15, 0.2) is 0 Å². The highest BCUT2D eigenvalue weighted by Crippen LogP contribution is 2.31. The second-order valence-electron chi connectivity index (χ2n) is 6.82. The van der Waals surface area contributed by atoms with Crippen LogP contribution in [0.5, 0.6) is 0 Å². The number of hydrogen-bond donors (Lipinski definition) is 1. The Kier molecular flexibility index (Phi) is 4.61. The third-order valence-electron chi connectivity index (χ3n) is 4.92. The number of rotatable bonds is 4. The fourth-order valence-corrected chi connectivity index (χ4v) is 4.12. The molecular formula is C24H17FN4S. The van der Waals surface area contributed by atoms with Gasteiger partial charge in [0, 0.05) is 16.5 Å². The number of anilines is 1. The van der Waals surface area contributed by atoms with Crippen molar-refractivity contribution in [2.75, 3.05) is 5.73 Å². The fraction of sp³-hybridized carbons (Fsp3) is 0. The second-order valence-corrected chi connectivity index (χ2v) is 7.66. The molecule has 3 aromatic carbocycles. The van der Waals surface area contributed by atoms with Gasteiger partial charge in [0.05, 0.1) is 11.9 Å². The minimum absolute atomic E-state index is 0.285. The first-order valence-electron chi connectivity index (χ1n) is 9.40. The molecule has 146 valence electrons. The molecule has 2 heterocycles. The van der Waals surface area contributed by atoms with Crippen LogP contribution in [0.2, 0.25) is 0 Å². The number of thiazole rings is 1. The number of nitrogen functional groups attached to an aromatic ring is 1. The zero-order valence-corrected chi connectivity index (χ0v) is 16.7. The Morgan fingerprint density at radius 3 is 2.13 bits per heavy atom. The maximum Gasteiger partial charge on any atom is 0.212 e. The summed E-state index contributed by atoms with van der Waals surface area (Å²) in [4.78, 5) is 4.71. The summed E-state index contributed by atoms with van der Waals surface area (Å²) in [5.74, 6) is 0.189. The van der Waals surface area contributed by atoms with Gasteiger partial charge in [0.1, 0.15) is 11.6 Å². The molecule has 2 N–H and O–H groups in total. The molecule has 0 aliphatic carbocycles. The second kappa shape index (κ2) is 7.57. The van der Waals surface area contributed by atoms with Gasteiger partial charge in [-0.15, -0.1) is 11.3 Å². The smallest absolute Gasteiger partial charge is 0.212 e. The Morgan fingerprint density at radius 2 is 1.40 bits per heavy atom. The average Bonchev–Trinajstić information content (AvgIpc) is 3.42. The molecule has 0 saturated carbocycles. The van der Waals surface area contributed by atoms with E-state index in [2.05, 4.69) is 41.5 Å². The molecule has 0 atom stereocenters. The highest BCUT2D eigenvalue weighted by molar-refractivity contribution is 7.12. The lowest BCUT2D eigenvalue weighted by atomic mass is 10.0. The van der Waals surface area contributed by atoms with Crippen LogP contribution in [0.15, 0.2) is 90.4 Å². The van der Waals surface area contributed by atoms with E-state index in [0.717, 1.165) is 27.9 Å². The highest BCUT2D eigenvalue weighted by Gasteiger charge is 2.14. The van der Waals surface area contributed by atoms with Crippen LogP contribution in [0.4, 0.5) is 10.2 Å². The molecule has 6 heteroatoms. The molecular weight excluding hydrogens is 395 g/mol. The van der Waals surface area contributed by atoms with E-state index in [1.165, 1.54) is 29.0 Å². The molecule has 0 saturated heterocycles. The molecule has 0 aliphatic rings.